The zero-order valence-electron chi connectivity index (χ0n) is 17.5. The summed E-state index contributed by atoms with van der Waals surface area (Å²) in [6, 6.07) is 14.2. The lowest BCUT2D eigenvalue weighted by Gasteiger charge is -2.18. The number of benzene rings is 2. The highest BCUT2D eigenvalue weighted by molar-refractivity contribution is 7.89. The molecule has 158 valence electrons. The van der Waals surface area contributed by atoms with Gasteiger partial charge >= 0.3 is 0 Å². The highest BCUT2D eigenvalue weighted by Crippen LogP contribution is 2.24. The second kappa shape index (κ2) is 10.4. The minimum Gasteiger partial charge on any atom is -0.496 e. The average Bonchev–Trinajstić information content (AvgIpc) is 2.73. The Morgan fingerprint density at radius 1 is 1.07 bits per heavy atom. The van der Waals surface area contributed by atoms with Gasteiger partial charge in [0.2, 0.25) is 15.9 Å². The molecule has 0 fully saturated rings. The van der Waals surface area contributed by atoms with Crippen molar-refractivity contribution >= 4 is 15.9 Å². The Balaban J connectivity index is 1.95. The third kappa shape index (κ3) is 5.81. The molecule has 0 heterocycles. The van der Waals surface area contributed by atoms with E-state index in [2.05, 4.69) is 5.32 Å². The Bertz CT molecular complexity index is 907. The van der Waals surface area contributed by atoms with E-state index in [4.69, 9.17) is 4.74 Å². The SMILES string of the molecule is CCN(CC)S(=O)(=O)c1ccc(CCC(=O)N[C@H](C)c2ccccc2OC)cc1. The predicted molar refractivity (Wildman–Crippen MR) is 114 cm³/mol. The summed E-state index contributed by atoms with van der Waals surface area (Å²) in [4.78, 5) is 12.6. The van der Waals surface area contributed by atoms with Crippen LogP contribution in [0.15, 0.2) is 53.4 Å². The largest absolute Gasteiger partial charge is 0.496 e. The smallest absolute Gasteiger partial charge is 0.243 e. The molecule has 2 aromatic carbocycles. The van der Waals surface area contributed by atoms with E-state index in [9.17, 15) is 13.2 Å². The van der Waals surface area contributed by atoms with Gasteiger partial charge in [-0.25, -0.2) is 8.42 Å². The molecule has 29 heavy (non-hydrogen) atoms. The summed E-state index contributed by atoms with van der Waals surface area (Å²) in [5, 5.41) is 2.99. The average molecular weight is 419 g/mol. The maximum atomic E-state index is 12.5. The summed E-state index contributed by atoms with van der Waals surface area (Å²) in [7, 11) is -1.85. The summed E-state index contributed by atoms with van der Waals surface area (Å²) >= 11 is 0. The van der Waals surface area contributed by atoms with Crippen LogP contribution in [0.1, 0.15) is 44.4 Å². The van der Waals surface area contributed by atoms with Gasteiger partial charge in [0.1, 0.15) is 5.75 Å². The van der Waals surface area contributed by atoms with Crippen molar-refractivity contribution in [2.45, 2.75) is 44.6 Å². The van der Waals surface area contributed by atoms with Gasteiger partial charge in [0, 0.05) is 25.1 Å². The van der Waals surface area contributed by atoms with E-state index in [1.165, 1.54) is 4.31 Å². The highest BCUT2D eigenvalue weighted by atomic mass is 32.2. The highest BCUT2D eigenvalue weighted by Gasteiger charge is 2.21. The molecule has 0 radical (unpaired) electrons. The molecule has 2 rings (SSSR count). The van der Waals surface area contributed by atoms with Crippen molar-refractivity contribution in [1.29, 1.82) is 0 Å². The quantitative estimate of drug-likeness (QED) is 0.640. The molecular weight excluding hydrogens is 388 g/mol. The summed E-state index contributed by atoms with van der Waals surface area (Å²) < 4.78 is 31.8. The molecule has 0 bridgehead atoms. The van der Waals surface area contributed by atoms with Crippen molar-refractivity contribution in [3.8, 4) is 5.75 Å². The number of para-hydroxylation sites is 1. The van der Waals surface area contributed by atoms with Gasteiger partial charge < -0.3 is 10.1 Å². The van der Waals surface area contributed by atoms with Crippen LogP contribution < -0.4 is 10.1 Å². The van der Waals surface area contributed by atoms with E-state index in [1.54, 1.807) is 31.4 Å². The van der Waals surface area contributed by atoms with Crippen LogP contribution in [0.2, 0.25) is 0 Å². The molecule has 1 atom stereocenters. The van der Waals surface area contributed by atoms with Crippen molar-refractivity contribution in [2.75, 3.05) is 20.2 Å². The maximum absolute atomic E-state index is 12.5. The first kappa shape index (κ1) is 22.9. The molecule has 0 aromatic heterocycles. The first-order valence-electron chi connectivity index (χ1n) is 9.84. The number of hydrogen-bond acceptors (Lipinski definition) is 4. The van der Waals surface area contributed by atoms with Crippen LogP contribution in [0.25, 0.3) is 0 Å². The number of carbonyl (C=O) groups is 1. The van der Waals surface area contributed by atoms with E-state index in [1.807, 2.05) is 45.0 Å². The van der Waals surface area contributed by atoms with Crippen LogP contribution in [-0.2, 0) is 21.2 Å². The first-order chi connectivity index (χ1) is 13.8. The molecule has 2 aromatic rings. The van der Waals surface area contributed by atoms with Crippen LogP contribution in [0.3, 0.4) is 0 Å². The number of hydrogen-bond donors (Lipinski definition) is 1. The van der Waals surface area contributed by atoms with Gasteiger partial charge in [0.25, 0.3) is 0 Å². The van der Waals surface area contributed by atoms with Gasteiger partial charge in [-0.15, -0.1) is 0 Å². The lowest BCUT2D eigenvalue weighted by molar-refractivity contribution is -0.121. The summed E-state index contributed by atoms with van der Waals surface area (Å²) in [5.41, 5.74) is 1.85. The third-order valence-corrected chi connectivity index (χ3v) is 6.95. The van der Waals surface area contributed by atoms with Gasteiger partial charge in [-0.1, -0.05) is 44.2 Å². The second-order valence-corrected chi connectivity index (χ2v) is 8.70. The molecule has 7 heteroatoms. The number of amides is 1. The van der Waals surface area contributed by atoms with Crippen molar-refractivity contribution in [1.82, 2.24) is 9.62 Å². The van der Waals surface area contributed by atoms with Gasteiger partial charge in [0.05, 0.1) is 18.0 Å². The lowest BCUT2D eigenvalue weighted by Crippen LogP contribution is -2.30. The molecule has 0 aliphatic rings. The summed E-state index contributed by atoms with van der Waals surface area (Å²) in [5.74, 6) is 0.675. The van der Waals surface area contributed by atoms with Gasteiger partial charge in [-0.3, -0.25) is 4.79 Å². The van der Waals surface area contributed by atoms with Crippen molar-refractivity contribution in [3.63, 3.8) is 0 Å². The van der Waals surface area contributed by atoms with Crippen LogP contribution in [0.5, 0.6) is 5.75 Å². The van der Waals surface area contributed by atoms with Crippen LogP contribution >= 0.6 is 0 Å². The molecule has 1 N–H and O–H groups in total. The number of rotatable bonds is 10. The fourth-order valence-electron chi connectivity index (χ4n) is 3.21. The lowest BCUT2D eigenvalue weighted by atomic mass is 10.1. The van der Waals surface area contributed by atoms with Crippen molar-refractivity contribution in [3.05, 3.63) is 59.7 Å². The first-order valence-corrected chi connectivity index (χ1v) is 11.3. The molecule has 0 saturated carbocycles. The van der Waals surface area contributed by atoms with Gasteiger partial charge in [0.15, 0.2) is 0 Å². The molecule has 0 spiro atoms. The number of methoxy groups -OCH3 is 1. The normalized spacial score (nSPS) is 12.6. The second-order valence-electron chi connectivity index (χ2n) is 6.76. The Kier molecular flexibility index (Phi) is 8.22. The standard InChI is InChI=1S/C22H30N2O4S/c1-5-24(6-2)29(26,27)19-14-11-18(12-15-19)13-16-22(25)23-17(3)20-9-7-8-10-21(20)28-4/h7-12,14-15,17H,5-6,13,16H2,1-4H3,(H,23,25)/t17-/m1/s1. The maximum Gasteiger partial charge on any atom is 0.243 e. The van der Waals surface area contributed by atoms with E-state index in [0.29, 0.717) is 25.9 Å². The molecule has 6 nitrogen and oxygen atoms in total. The number of sulfonamides is 1. The predicted octanol–water partition coefficient (Wildman–Crippen LogP) is 3.54. The van der Waals surface area contributed by atoms with Crippen LogP contribution in [0.4, 0.5) is 0 Å². The fourth-order valence-corrected chi connectivity index (χ4v) is 4.67. The minimum atomic E-state index is -3.46. The Morgan fingerprint density at radius 2 is 1.69 bits per heavy atom. The Hall–Kier alpha value is -2.38. The fraction of sp³-hybridized carbons (Fsp3) is 0.409. The van der Waals surface area contributed by atoms with E-state index < -0.39 is 10.0 Å². The zero-order chi connectivity index (χ0) is 21.4. The number of carbonyl (C=O) groups excluding carboxylic acids is 1. The van der Waals surface area contributed by atoms with E-state index in [0.717, 1.165) is 16.9 Å². The number of nitrogens with one attached hydrogen (secondary N) is 1. The number of ether oxygens (including phenoxy) is 1. The van der Waals surface area contributed by atoms with E-state index in [-0.39, 0.29) is 16.8 Å². The third-order valence-electron chi connectivity index (χ3n) is 4.89. The van der Waals surface area contributed by atoms with Crippen molar-refractivity contribution in [2.24, 2.45) is 0 Å². The zero-order valence-corrected chi connectivity index (χ0v) is 18.3. The van der Waals surface area contributed by atoms with Gasteiger partial charge in [-0.05, 0) is 37.1 Å². The number of nitrogens with zero attached hydrogens (tertiary/aromatic N) is 1. The molecule has 0 unspecified atom stereocenters. The number of aryl methyl sites for hydroxylation is 1. The molecule has 0 aliphatic heterocycles. The Morgan fingerprint density at radius 3 is 2.28 bits per heavy atom. The monoisotopic (exact) mass is 418 g/mol. The van der Waals surface area contributed by atoms with Crippen LogP contribution in [0, 0.1) is 0 Å². The summed E-state index contributed by atoms with van der Waals surface area (Å²) in [6.45, 7) is 6.43. The van der Waals surface area contributed by atoms with E-state index >= 15 is 0 Å². The molecule has 1 amide bonds. The van der Waals surface area contributed by atoms with Crippen LogP contribution in [-0.4, -0.2) is 38.8 Å². The Labute approximate surface area is 173 Å². The summed E-state index contributed by atoms with van der Waals surface area (Å²) in [6.07, 6.45) is 0.859. The topological polar surface area (TPSA) is 75.7 Å². The molecule has 0 aliphatic carbocycles. The van der Waals surface area contributed by atoms with Crippen molar-refractivity contribution < 1.29 is 17.9 Å². The molecular formula is C22H30N2O4S. The van der Waals surface area contributed by atoms with Gasteiger partial charge in [-0.2, -0.15) is 4.31 Å². The molecule has 0 saturated heterocycles. The minimum absolute atomic E-state index is 0.0664.